The first-order chi connectivity index (χ1) is 6.40. The summed E-state index contributed by atoms with van der Waals surface area (Å²) in [5.74, 6) is 0. The Balaban J connectivity index is 2.34. The molecule has 0 radical (unpaired) electrons. The largest absolute Gasteiger partial charge is 0.328 e. The normalized spacial score (nSPS) is 13.6. The van der Waals surface area contributed by atoms with Gasteiger partial charge in [0.05, 0.1) is 12.5 Å². The van der Waals surface area contributed by atoms with Crippen LogP contribution < -0.4 is 4.72 Å². The first kappa shape index (κ1) is 8.21. The number of benzene rings is 1. The fourth-order valence-corrected chi connectivity index (χ4v) is 1.97. The van der Waals surface area contributed by atoms with Crippen LogP contribution in [-0.2, 0) is 0 Å². The molecule has 1 aromatic rings. The lowest BCUT2D eigenvalue weighted by atomic mass is 10.1. The van der Waals surface area contributed by atoms with Crippen LogP contribution >= 0.6 is 11.9 Å². The molecule has 64 valence electrons. The Bertz CT molecular complexity index is 390. The third-order valence-corrected chi connectivity index (χ3v) is 2.77. The van der Waals surface area contributed by atoms with Gasteiger partial charge in [0, 0.05) is 10.6 Å². The molecule has 0 amide bonds. The van der Waals surface area contributed by atoms with E-state index >= 15 is 0 Å². The number of nitrogens with one attached hydrogen (secondary N) is 1. The van der Waals surface area contributed by atoms with Gasteiger partial charge in [-0.25, -0.2) is 0 Å². The summed E-state index contributed by atoms with van der Waals surface area (Å²) in [7, 11) is 0. The quantitative estimate of drug-likeness (QED) is 0.688. The summed E-state index contributed by atoms with van der Waals surface area (Å²) in [5.41, 5.74) is 2.17. The van der Waals surface area contributed by atoms with E-state index in [9.17, 15) is 0 Å². The second kappa shape index (κ2) is 3.55. The number of hydrogen-bond donors (Lipinski definition) is 1. The molecule has 1 aliphatic heterocycles. The Morgan fingerprint density at radius 3 is 3.08 bits per heavy atom. The van der Waals surface area contributed by atoms with Crippen molar-refractivity contribution in [2.24, 2.45) is 0 Å². The van der Waals surface area contributed by atoms with Crippen molar-refractivity contribution in [2.75, 3.05) is 0 Å². The minimum Gasteiger partial charge on any atom is -0.328 e. The van der Waals surface area contributed by atoms with Gasteiger partial charge >= 0.3 is 0 Å². The van der Waals surface area contributed by atoms with Gasteiger partial charge in [-0.05, 0) is 29.7 Å². The zero-order valence-electron chi connectivity index (χ0n) is 6.95. The van der Waals surface area contributed by atoms with Crippen molar-refractivity contribution in [1.29, 1.82) is 5.26 Å². The monoisotopic (exact) mass is 188 g/mol. The summed E-state index contributed by atoms with van der Waals surface area (Å²) in [6, 6.07) is 10.3. The highest BCUT2D eigenvalue weighted by Gasteiger charge is 2.08. The third kappa shape index (κ3) is 1.68. The summed E-state index contributed by atoms with van der Waals surface area (Å²) in [5, 5.41) is 8.53. The van der Waals surface area contributed by atoms with E-state index in [4.69, 9.17) is 5.26 Å². The van der Waals surface area contributed by atoms with Gasteiger partial charge in [0.25, 0.3) is 0 Å². The lowest BCUT2D eigenvalue weighted by Gasteiger charge is -2.15. The van der Waals surface area contributed by atoms with Crippen LogP contribution in [0.4, 0.5) is 0 Å². The maximum absolute atomic E-state index is 8.53. The van der Waals surface area contributed by atoms with Gasteiger partial charge in [-0.3, -0.25) is 0 Å². The average Bonchev–Trinajstić information content (AvgIpc) is 2.18. The second-order valence-electron chi connectivity index (χ2n) is 2.75. The first-order valence-corrected chi connectivity index (χ1v) is 4.81. The van der Waals surface area contributed by atoms with E-state index in [0.29, 0.717) is 6.42 Å². The highest BCUT2D eigenvalue weighted by Crippen LogP contribution is 2.28. The van der Waals surface area contributed by atoms with Gasteiger partial charge < -0.3 is 4.72 Å². The maximum atomic E-state index is 8.53. The van der Waals surface area contributed by atoms with Gasteiger partial charge in [-0.2, -0.15) is 5.26 Å². The molecule has 1 heterocycles. The molecule has 2 nitrogen and oxygen atoms in total. The molecule has 0 spiro atoms. The molecule has 0 saturated heterocycles. The number of nitriles is 1. The molecule has 2 rings (SSSR count). The van der Waals surface area contributed by atoms with Crippen LogP contribution in [0.25, 0.3) is 6.08 Å². The first-order valence-electron chi connectivity index (χ1n) is 3.99. The Morgan fingerprint density at radius 1 is 1.38 bits per heavy atom. The molecule has 0 fully saturated rings. The number of fused-ring (bicyclic) bond motifs is 1. The van der Waals surface area contributed by atoms with Crippen LogP contribution in [0.5, 0.6) is 0 Å². The van der Waals surface area contributed by atoms with Gasteiger partial charge in [0.15, 0.2) is 0 Å². The summed E-state index contributed by atoms with van der Waals surface area (Å²) in [4.78, 5) is 1.21. The summed E-state index contributed by atoms with van der Waals surface area (Å²) >= 11 is 1.57. The van der Waals surface area contributed by atoms with E-state index in [1.165, 1.54) is 10.5 Å². The van der Waals surface area contributed by atoms with Crippen LogP contribution in [0.2, 0.25) is 0 Å². The predicted octanol–water partition coefficient (Wildman–Crippen LogP) is 2.55. The maximum Gasteiger partial charge on any atom is 0.0757 e. The van der Waals surface area contributed by atoms with E-state index in [0.717, 1.165) is 5.70 Å². The van der Waals surface area contributed by atoms with Gasteiger partial charge in [0.1, 0.15) is 0 Å². The van der Waals surface area contributed by atoms with E-state index < -0.39 is 0 Å². The smallest absolute Gasteiger partial charge is 0.0757 e. The minimum atomic E-state index is 0.446. The number of allylic oxidation sites excluding steroid dienone is 1. The van der Waals surface area contributed by atoms with E-state index in [-0.39, 0.29) is 0 Å². The minimum absolute atomic E-state index is 0.446. The van der Waals surface area contributed by atoms with Crippen LogP contribution in [0, 0.1) is 11.3 Å². The summed E-state index contributed by atoms with van der Waals surface area (Å²) in [6.45, 7) is 0. The van der Waals surface area contributed by atoms with Gasteiger partial charge in [-0.1, -0.05) is 18.2 Å². The number of hydrogen-bond acceptors (Lipinski definition) is 3. The molecule has 0 aromatic heterocycles. The van der Waals surface area contributed by atoms with E-state index in [2.05, 4.69) is 22.9 Å². The molecule has 0 atom stereocenters. The molecule has 1 aromatic carbocycles. The molecular weight excluding hydrogens is 180 g/mol. The molecule has 0 aliphatic carbocycles. The zero-order valence-corrected chi connectivity index (χ0v) is 7.77. The van der Waals surface area contributed by atoms with Crippen LogP contribution in [0.1, 0.15) is 12.0 Å². The Hall–Kier alpha value is -1.40. The lowest BCUT2D eigenvalue weighted by molar-refractivity contribution is 1.10. The molecule has 0 unspecified atom stereocenters. The standard InChI is InChI=1S/C10H8N2S/c11-6-5-9-7-8-3-1-2-4-10(8)13-12-9/h1-4,7,12H,5H2. The fourth-order valence-electron chi connectivity index (χ4n) is 1.20. The highest BCUT2D eigenvalue weighted by atomic mass is 32.2. The van der Waals surface area contributed by atoms with Crippen molar-refractivity contribution in [2.45, 2.75) is 11.3 Å². The molecule has 1 N–H and O–H groups in total. The van der Waals surface area contributed by atoms with Crippen LogP contribution in [0.15, 0.2) is 34.9 Å². The topological polar surface area (TPSA) is 35.8 Å². The van der Waals surface area contributed by atoms with Crippen molar-refractivity contribution >= 4 is 18.0 Å². The Labute approximate surface area is 81.4 Å². The van der Waals surface area contributed by atoms with E-state index in [1.54, 1.807) is 11.9 Å². The summed E-state index contributed by atoms with van der Waals surface area (Å²) < 4.78 is 3.13. The van der Waals surface area contributed by atoms with Crippen molar-refractivity contribution in [3.05, 3.63) is 35.5 Å². The average molecular weight is 188 g/mol. The molecule has 13 heavy (non-hydrogen) atoms. The SMILES string of the molecule is N#CCC1=Cc2ccccc2SN1. The molecular formula is C10H8N2S. The molecule has 3 heteroatoms. The van der Waals surface area contributed by atoms with E-state index in [1.807, 2.05) is 18.2 Å². The van der Waals surface area contributed by atoms with Crippen molar-refractivity contribution in [1.82, 2.24) is 4.72 Å². The highest BCUT2D eigenvalue weighted by molar-refractivity contribution is 7.97. The lowest BCUT2D eigenvalue weighted by Crippen LogP contribution is -2.07. The van der Waals surface area contributed by atoms with Crippen molar-refractivity contribution < 1.29 is 0 Å². The van der Waals surface area contributed by atoms with Crippen LogP contribution in [0.3, 0.4) is 0 Å². The fraction of sp³-hybridized carbons (Fsp3) is 0.100. The molecule has 1 aliphatic rings. The van der Waals surface area contributed by atoms with Crippen LogP contribution in [-0.4, -0.2) is 0 Å². The Morgan fingerprint density at radius 2 is 2.23 bits per heavy atom. The summed E-state index contributed by atoms with van der Waals surface area (Å²) in [6.07, 6.45) is 2.47. The molecule has 0 saturated carbocycles. The molecule has 0 bridgehead atoms. The zero-order chi connectivity index (χ0) is 9.10. The Kier molecular flexibility index (Phi) is 2.24. The van der Waals surface area contributed by atoms with Gasteiger partial charge in [0.2, 0.25) is 0 Å². The number of rotatable bonds is 1. The van der Waals surface area contributed by atoms with Crippen molar-refractivity contribution in [3.8, 4) is 6.07 Å². The predicted molar refractivity (Wildman–Crippen MR) is 53.6 cm³/mol. The van der Waals surface area contributed by atoms with Crippen molar-refractivity contribution in [3.63, 3.8) is 0 Å². The number of nitrogens with zero attached hydrogens (tertiary/aromatic N) is 1. The second-order valence-corrected chi connectivity index (χ2v) is 3.59. The van der Waals surface area contributed by atoms with Gasteiger partial charge in [-0.15, -0.1) is 0 Å². The third-order valence-electron chi connectivity index (χ3n) is 1.81.